The average molecular weight is 289 g/mol. The van der Waals surface area contributed by atoms with Crippen LogP contribution in [0.25, 0.3) is 0 Å². The Labute approximate surface area is 126 Å². The molecule has 1 aliphatic rings. The van der Waals surface area contributed by atoms with Gasteiger partial charge in [0.25, 0.3) is 0 Å². The van der Waals surface area contributed by atoms with E-state index in [1.165, 1.54) is 0 Å². The van der Waals surface area contributed by atoms with Gasteiger partial charge in [-0.25, -0.2) is 4.79 Å². The summed E-state index contributed by atoms with van der Waals surface area (Å²) in [6.07, 6.45) is 2.78. The first-order chi connectivity index (χ1) is 9.92. The molecule has 21 heavy (non-hydrogen) atoms. The average Bonchev–Trinajstić information content (AvgIpc) is 3.22. The zero-order valence-electron chi connectivity index (χ0n) is 12.9. The highest BCUT2D eigenvalue weighted by molar-refractivity contribution is 5.70. The first-order valence-electron chi connectivity index (χ1n) is 7.42. The van der Waals surface area contributed by atoms with Crippen molar-refractivity contribution in [2.24, 2.45) is 0 Å². The summed E-state index contributed by atoms with van der Waals surface area (Å²) in [5, 5.41) is 0. The van der Waals surface area contributed by atoms with Gasteiger partial charge in [0.1, 0.15) is 11.9 Å². The fourth-order valence-electron chi connectivity index (χ4n) is 2.37. The maximum Gasteiger partial charge on any atom is 0.411 e. The second-order valence-electron chi connectivity index (χ2n) is 6.45. The van der Waals surface area contributed by atoms with E-state index in [2.05, 4.69) is 0 Å². The topological polar surface area (TPSA) is 46.6 Å². The summed E-state index contributed by atoms with van der Waals surface area (Å²) in [5.74, 6) is 0. The lowest BCUT2D eigenvalue weighted by molar-refractivity contribution is -0.109. The molecule has 1 unspecified atom stereocenters. The largest absolute Gasteiger partial charge is 0.444 e. The van der Waals surface area contributed by atoms with Crippen LogP contribution in [0.2, 0.25) is 0 Å². The Bertz CT molecular complexity index is 489. The molecule has 2 rings (SSSR count). The highest BCUT2D eigenvalue weighted by atomic mass is 16.6. The van der Waals surface area contributed by atoms with E-state index in [0.29, 0.717) is 6.42 Å². The summed E-state index contributed by atoms with van der Waals surface area (Å²) in [6.45, 7) is 5.56. The molecule has 1 aromatic carbocycles. The van der Waals surface area contributed by atoms with E-state index in [1.54, 1.807) is 4.90 Å². The van der Waals surface area contributed by atoms with Crippen LogP contribution in [0.4, 0.5) is 4.79 Å². The van der Waals surface area contributed by atoms with Gasteiger partial charge >= 0.3 is 6.09 Å². The van der Waals surface area contributed by atoms with Crippen molar-refractivity contribution in [3.05, 3.63) is 35.9 Å². The lowest BCUT2D eigenvalue weighted by atomic mass is 10.0. The van der Waals surface area contributed by atoms with E-state index in [0.717, 1.165) is 24.7 Å². The molecule has 1 atom stereocenters. The Balaban J connectivity index is 2.25. The molecule has 0 saturated heterocycles. The Morgan fingerprint density at radius 2 is 1.95 bits per heavy atom. The molecular formula is C17H23NO3. The fraction of sp³-hybridized carbons (Fsp3) is 0.529. The summed E-state index contributed by atoms with van der Waals surface area (Å²) < 4.78 is 5.52. The smallest absolute Gasteiger partial charge is 0.411 e. The van der Waals surface area contributed by atoms with Crippen molar-refractivity contribution < 1.29 is 14.3 Å². The van der Waals surface area contributed by atoms with Crippen molar-refractivity contribution in [1.82, 2.24) is 4.90 Å². The molecule has 0 aliphatic heterocycles. The minimum atomic E-state index is -0.535. The lowest BCUT2D eigenvalue weighted by Gasteiger charge is -2.33. The third-order valence-electron chi connectivity index (χ3n) is 3.38. The van der Waals surface area contributed by atoms with E-state index >= 15 is 0 Å². The SMILES string of the molecule is CC(C)(C)OC(=O)N(C1CC1)C(CC=O)c1ccccc1. The number of nitrogens with zero attached hydrogens (tertiary/aromatic N) is 1. The van der Waals surface area contributed by atoms with Crippen molar-refractivity contribution in [1.29, 1.82) is 0 Å². The van der Waals surface area contributed by atoms with Gasteiger partial charge in [-0.2, -0.15) is 0 Å². The van der Waals surface area contributed by atoms with Gasteiger partial charge in [0.2, 0.25) is 0 Å². The van der Waals surface area contributed by atoms with Gasteiger partial charge in [-0.1, -0.05) is 30.3 Å². The van der Waals surface area contributed by atoms with Gasteiger partial charge in [-0.05, 0) is 39.2 Å². The Hall–Kier alpha value is -1.84. The molecule has 1 amide bonds. The summed E-state index contributed by atoms with van der Waals surface area (Å²) in [7, 11) is 0. The van der Waals surface area contributed by atoms with Crippen LogP contribution < -0.4 is 0 Å². The van der Waals surface area contributed by atoms with E-state index < -0.39 is 5.60 Å². The maximum absolute atomic E-state index is 12.5. The number of carbonyl (C=O) groups excluding carboxylic acids is 2. The number of aldehydes is 1. The van der Waals surface area contributed by atoms with Gasteiger partial charge in [-0.15, -0.1) is 0 Å². The number of amides is 1. The minimum absolute atomic E-state index is 0.185. The normalized spacial score (nSPS) is 16.1. The number of benzene rings is 1. The third kappa shape index (κ3) is 4.31. The summed E-state index contributed by atoms with van der Waals surface area (Å²) in [6, 6.07) is 9.62. The molecular weight excluding hydrogens is 266 g/mol. The van der Waals surface area contributed by atoms with E-state index in [9.17, 15) is 9.59 Å². The first-order valence-corrected chi connectivity index (χ1v) is 7.42. The van der Waals surface area contributed by atoms with Crippen molar-refractivity contribution in [3.8, 4) is 0 Å². The van der Waals surface area contributed by atoms with Gasteiger partial charge in [-0.3, -0.25) is 4.90 Å². The summed E-state index contributed by atoms with van der Waals surface area (Å²) >= 11 is 0. The van der Waals surface area contributed by atoms with Crippen molar-refractivity contribution in [2.75, 3.05) is 0 Å². The van der Waals surface area contributed by atoms with Crippen molar-refractivity contribution >= 4 is 12.4 Å². The number of ether oxygens (including phenoxy) is 1. The Morgan fingerprint density at radius 3 is 2.43 bits per heavy atom. The molecule has 0 spiro atoms. The molecule has 0 radical (unpaired) electrons. The molecule has 1 aromatic rings. The molecule has 4 heteroatoms. The van der Waals surface area contributed by atoms with Crippen LogP contribution in [0.1, 0.15) is 51.6 Å². The highest BCUT2D eigenvalue weighted by Gasteiger charge is 2.40. The van der Waals surface area contributed by atoms with Gasteiger partial charge in [0.05, 0.1) is 6.04 Å². The Kier molecular flexibility index (Phi) is 4.66. The molecule has 114 valence electrons. The quantitative estimate of drug-likeness (QED) is 0.776. The predicted octanol–water partition coefficient (Wildman–Crippen LogP) is 3.72. The zero-order valence-corrected chi connectivity index (χ0v) is 12.9. The molecule has 1 saturated carbocycles. The van der Waals surface area contributed by atoms with E-state index in [-0.39, 0.29) is 18.2 Å². The number of hydrogen-bond acceptors (Lipinski definition) is 3. The van der Waals surface area contributed by atoms with Gasteiger partial charge in [0.15, 0.2) is 0 Å². The van der Waals surface area contributed by atoms with Crippen molar-refractivity contribution in [3.63, 3.8) is 0 Å². The molecule has 0 heterocycles. The summed E-state index contributed by atoms with van der Waals surface area (Å²) in [4.78, 5) is 25.3. The second kappa shape index (κ2) is 6.29. The number of rotatable bonds is 5. The zero-order chi connectivity index (χ0) is 15.5. The second-order valence-corrected chi connectivity index (χ2v) is 6.45. The van der Waals surface area contributed by atoms with Gasteiger partial charge in [0, 0.05) is 12.5 Å². The molecule has 1 fully saturated rings. The van der Waals surface area contributed by atoms with Crippen LogP contribution in [0, 0.1) is 0 Å². The van der Waals surface area contributed by atoms with Crippen molar-refractivity contribution in [2.45, 2.75) is 57.7 Å². The lowest BCUT2D eigenvalue weighted by Crippen LogP contribution is -2.41. The van der Waals surface area contributed by atoms with Crippen LogP contribution in [0.15, 0.2) is 30.3 Å². The molecule has 4 nitrogen and oxygen atoms in total. The predicted molar refractivity (Wildman–Crippen MR) is 81.0 cm³/mol. The standard InChI is InChI=1S/C17H23NO3/c1-17(2,3)21-16(20)18(14-9-10-14)15(11-12-19)13-7-5-4-6-8-13/h4-8,12,14-15H,9-11H2,1-3H3. The molecule has 1 aliphatic carbocycles. The monoisotopic (exact) mass is 289 g/mol. The van der Waals surface area contributed by atoms with Crippen LogP contribution in [0.3, 0.4) is 0 Å². The van der Waals surface area contributed by atoms with Crippen LogP contribution >= 0.6 is 0 Å². The van der Waals surface area contributed by atoms with E-state index in [1.807, 2.05) is 51.1 Å². The third-order valence-corrected chi connectivity index (χ3v) is 3.38. The van der Waals surface area contributed by atoms with Crippen LogP contribution in [0.5, 0.6) is 0 Å². The number of hydrogen-bond donors (Lipinski definition) is 0. The maximum atomic E-state index is 12.5. The number of carbonyl (C=O) groups is 2. The molecule has 0 aromatic heterocycles. The van der Waals surface area contributed by atoms with Gasteiger partial charge < -0.3 is 9.53 Å². The van der Waals surface area contributed by atoms with Crippen LogP contribution in [-0.2, 0) is 9.53 Å². The molecule has 0 N–H and O–H groups in total. The molecule has 0 bridgehead atoms. The fourth-order valence-corrected chi connectivity index (χ4v) is 2.37. The van der Waals surface area contributed by atoms with E-state index in [4.69, 9.17) is 4.74 Å². The highest BCUT2D eigenvalue weighted by Crippen LogP contribution is 2.37. The minimum Gasteiger partial charge on any atom is -0.444 e. The van der Waals surface area contributed by atoms with Crippen LogP contribution in [-0.4, -0.2) is 28.9 Å². The Morgan fingerprint density at radius 1 is 1.33 bits per heavy atom. The summed E-state index contributed by atoms with van der Waals surface area (Å²) in [5.41, 5.74) is 0.439. The first kappa shape index (κ1) is 15.5.